The molecule has 2 aliphatic rings. The van der Waals surface area contributed by atoms with Crippen molar-refractivity contribution in [1.82, 2.24) is 4.90 Å². The van der Waals surface area contributed by atoms with Crippen LogP contribution < -0.4 is 0 Å². The van der Waals surface area contributed by atoms with Gasteiger partial charge < -0.3 is 9.47 Å². The molecule has 0 saturated carbocycles. The van der Waals surface area contributed by atoms with Crippen LogP contribution in [0.2, 0.25) is 0 Å². The first-order chi connectivity index (χ1) is 11.4. The van der Waals surface area contributed by atoms with Crippen LogP contribution in [0.15, 0.2) is 18.2 Å². The minimum Gasteiger partial charge on any atom is -0.463 e. The second-order valence-electron chi connectivity index (χ2n) is 5.09. The molecule has 1 atom stereocenters. The molecule has 2 heterocycles. The van der Waals surface area contributed by atoms with Gasteiger partial charge in [-0.15, -0.1) is 0 Å². The molecule has 24 heavy (non-hydrogen) atoms. The molecule has 1 aromatic rings. The van der Waals surface area contributed by atoms with E-state index < -0.39 is 47.0 Å². The Morgan fingerprint density at radius 2 is 2.08 bits per heavy atom. The van der Waals surface area contributed by atoms with Gasteiger partial charge in [-0.1, -0.05) is 6.07 Å². The molecule has 0 unspecified atom stereocenters. The minimum absolute atomic E-state index is 0.121. The van der Waals surface area contributed by atoms with Crippen LogP contribution in [0.5, 0.6) is 0 Å². The number of hydrogen-bond acceptors (Lipinski definition) is 8. The first-order valence-corrected chi connectivity index (χ1v) is 6.90. The average molecular weight is 334 g/mol. The number of cyclic esters (lactones) is 1. The second-order valence-corrected chi connectivity index (χ2v) is 5.09. The Bertz CT molecular complexity index is 787. The number of fused-ring (bicyclic) bond motifs is 1. The summed E-state index contributed by atoms with van der Waals surface area (Å²) in [6.45, 7) is -0.622. The van der Waals surface area contributed by atoms with Crippen molar-refractivity contribution in [3.63, 3.8) is 0 Å². The molecule has 0 aliphatic carbocycles. The van der Waals surface area contributed by atoms with Gasteiger partial charge in [-0.25, -0.2) is 4.79 Å². The minimum atomic E-state index is -1.07. The van der Waals surface area contributed by atoms with Crippen molar-refractivity contribution in [2.45, 2.75) is 12.5 Å². The lowest BCUT2D eigenvalue weighted by atomic mass is 10.1. The van der Waals surface area contributed by atoms with E-state index in [1.54, 1.807) is 0 Å². The summed E-state index contributed by atoms with van der Waals surface area (Å²) < 4.78 is 9.50. The maximum Gasteiger partial charge on any atom is 0.347 e. The zero-order chi connectivity index (χ0) is 17.4. The van der Waals surface area contributed by atoms with Crippen LogP contribution >= 0.6 is 0 Å². The van der Waals surface area contributed by atoms with E-state index in [0.29, 0.717) is 4.90 Å². The molecule has 3 rings (SSSR count). The molecule has 2 amide bonds. The molecule has 1 fully saturated rings. The molecule has 2 aliphatic heterocycles. The molecule has 0 N–H and O–H groups in total. The highest BCUT2D eigenvalue weighted by atomic mass is 16.6. The number of esters is 2. The van der Waals surface area contributed by atoms with Crippen molar-refractivity contribution < 1.29 is 33.6 Å². The van der Waals surface area contributed by atoms with Crippen molar-refractivity contribution in [1.29, 1.82) is 0 Å². The number of nitro groups is 1. The Labute approximate surface area is 134 Å². The summed E-state index contributed by atoms with van der Waals surface area (Å²) in [7, 11) is 0. The van der Waals surface area contributed by atoms with Gasteiger partial charge in [0.15, 0.2) is 0 Å². The Kier molecular flexibility index (Phi) is 3.72. The van der Waals surface area contributed by atoms with Gasteiger partial charge in [-0.2, -0.15) is 0 Å². The summed E-state index contributed by atoms with van der Waals surface area (Å²) in [5, 5.41) is 11.0. The summed E-state index contributed by atoms with van der Waals surface area (Å²) in [5.74, 6) is -3.45. The van der Waals surface area contributed by atoms with E-state index >= 15 is 0 Å². The number of carbonyl (C=O) groups is 4. The SMILES string of the molecule is O=C(CN1C(=O)c2cccc([N+](=O)[O-])c2C1=O)O[C@H]1CCOC1=O. The Morgan fingerprint density at radius 3 is 2.71 bits per heavy atom. The molecule has 10 heteroatoms. The Morgan fingerprint density at radius 1 is 1.33 bits per heavy atom. The highest BCUT2D eigenvalue weighted by molar-refractivity contribution is 6.24. The van der Waals surface area contributed by atoms with Crippen LogP contribution in [0.25, 0.3) is 0 Å². The van der Waals surface area contributed by atoms with Crippen LogP contribution in [0.4, 0.5) is 5.69 Å². The molecule has 1 aromatic carbocycles. The predicted octanol–water partition coefficient (Wildman–Crippen LogP) is 0.0495. The summed E-state index contributed by atoms with van der Waals surface area (Å²) >= 11 is 0. The monoisotopic (exact) mass is 334 g/mol. The van der Waals surface area contributed by atoms with E-state index in [9.17, 15) is 29.3 Å². The van der Waals surface area contributed by atoms with Crippen molar-refractivity contribution in [2.75, 3.05) is 13.2 Å². The number of amides is 2. The van der Waals surface area contributed by atoms with Gasteiger partial charge in [0.05, 0.1) is 17.1 Å². The van der Waals surface area contributed by atoms with Crippen molar-refractivity contribution in [2.24, 2.45) is 0 Å². The summed E-state index contributed by atoms with van der Waals surface area (Å²) in [5.41, 5.74) is -1.02. The number of carbonyl (C=O) groups excluding carboxylic acids is 4. The Hall–Kier alpha value is -3.30. The Balaban J connectivity index is 1.78. The first kappa shape index (κ1) is 15.6. The molecule has 0 radical (unpaired) electrons. The molecule has 0 spiro atoms. The van der Waals surface area contributed by atoms with Crippen LogP contribution in [-0.4, -0.2) is 52.8 Å². The van der Waals surface area contributed by atoms with Crippen molar-refractivity contribution >= 4 is 29.4 Å². The second kappa shape index (κ2) is 5.72. The average Bonchev–Trinajstić information content (AvgIpc) is 3.04. The van der Waals surface area contributed by atoms with Crippen molar-refractivity contribution in [3.8, 4) is 0 Å². The number of hydrogen-bond donors (Lipinski definition) is 0. The highest BCUT2D eigenvalue weighted by Gasteiger charge is 2.42. The fourth-order valence-corrected chi connectivity index (χ4v) is 2.52. The van der Waals surface area contributed by atoms with Gasteiger partial charge in [0, 0.05) is 12.5 Å². The molecule has 0 bridgehead atoms. The van der Waals surface area contributed by atoms with Crippen LogP contribution in [0.1, 0.15) is 27.1 Å². The van der Waals surface area contributed by atoms with E-state index in [1.165, 1.54) is 12.1 Å². The third-order valence-electron chi connectivity index (χ3n) is 3.62. The van der Waals surface area contributed by atoms with Crippen LogP contribution in [0, 0.1) is 10.1 Å². The maximum atomic E-state index is 12.3. The fraction of sp³-hybridized carbons (Fsp3) is 0.286. The van der Waals surface area contributed by atoms with Gasteiger partial charge in [-0.3, -0.25) is 29.4 Å². The van der Waals surface area contributed by atoms with Gasteiger partial charge in [-0.05, 0) is 6.07 Å². The zero-order valence-corrected chi connectivity index (χ0v) is 12.1. The topological polar surface area (TPSA) is 133 Å². The number of nitrogens with zero attached hydrogens (tertiary/aromatic N) is 2. The van der Waals surface area contributed by atoms with Gasteiger partial charge in [0.1, 0.15) is 12.1 Å². The number of imide groups is 1. The van der Waals surface area contributed by atoms with Gasteiger partial charge in [0.25, 0.3) is 17.5 Å². The summed E-state index contributed by atoms with van der Waals surface area (Å²) in [4.78, 5) is 58.3. The predicted molar refractivity (Wildman–Crippen MR) is 73.9 cm³/mol. The summed E-state index contributed by atoms with van der Waals surface area (Å²) in [6, 6.07) is 3.64. The van der Waals surface area contributed by atoms with E-state index in [2.05, 4.69) is 4.74 Å². The van der Waals surface area contributed by atoms with Crippen molar-refractivity contribution in [3.05, 3.63) is 39.4 Å². The number of benzene rings is 1. The van der Waals surface area contributed by atoms with E-state index in [4.69, 9.17) is 4.74 Å². The fourth-order valence-electron chi connectivity index (χ4n) is 2.52. The van der Waals surface area contributed by atoms with Gasteiger partial charge in [0.2, 0.25) is 6.10 Å². The quantitative estimate of drug-likeness (QED) is 0.326. The van der Waals surface area contributed by atoms with Gasteiger partial charge >= 0.3 is 11.9 Å². The third-order valence-corrected chi connectivity index (χ3v) is 3.62. The maximum absolute atomic E-state index is 12.3. The highest BCUT2D eigenvalue weighted by Crippen LogP contribution is 2.30. The van der Waals surface area contributed by atoms with E-state index in [1.807, 2.05) is 0 Å². The first-order valence-electron chi connectivity index (χ1n) is 6.90. The zero-order valence-electron chi connectivity index (χ0n) is 12.1. The normalized spacial score (nSPS) is 19.2. The van der Waals surface area contributed by atoms with Crippen LogP contribution in [0.3, 0.4) is 0 Å². The standard InChI is InChI=1S/C14H10N2O8/c17-10(24-9-4-5-23-14(9)20)6-15-12(18)7-2-1-3-8(16(21)22)11(7)13(15)19/h1-3,9H,4-6H2/t9-/m0/s1. The lowest BCUT2D eigenvalue weighted by Crippen LogP contribution is -2.37. The largest absolute Gasteiger partial charge is 0.463 e. The van der Waals surface area contributed by atoms with E-state index in [-0.39, 0.29) is 24.2 Å². The van der Waals surface area contributed by atoms with Crippen LogP contribution in [-0.2, 0) is 19.1 Å². The molecule has 10 nitrogen and oxygen atoms in total. The van der Waals surface area contributed by atoms with E-state index in [0.717, 1.165) is 6.07 Å². The molecule has 0 aromatic heterocycles. The summed E-state index contributed by atoms with van der Waals surface area (Å²) in [6.07, 6.45) is -0.875. The lowest BCUT2D eigenvalue weighted by molar-refractivity contribution is -0.385. The number of ether oxygens (including phenoxy) is 2. The number of nitro benzene ring substituents is 1. The molecule has 1 saturated heterocycles. The number of rotatable bonds is 4. The molecular formula is C14H10N2O8. The third kappa shape index (κ3) is 2.47. The lowest BCUT2D eigenvalue weighted by Gasteiger charge is -2.14. The molecular weight excluding hydrogens is 324 g/mol. The molecule has 124 valence electrons. The smallest absolute Gasteiger partial charge is 0.347 e.